The lowest BCUT2D eigenvalue weighted by atomic mass is 10.1. The summed E-state index contributed by atoms with van der Waals surface area (Å²) in [5, 5.41) is 2.12. The van der Waals surface area contributed by atoms with E-state index in [1.807, 2.05) is 55.5 Å². The Balaban J connectivity index is 1.85. The quantitative estimate of drug-likeness (QED) is 0.695. The molecule has 5 heteroatoms. The molecule has 0 atom stereocenters. The summed E-state index contributed by atoms with van der Waals surface area (Å²) in [4.78, 5) is 0.311. The number of nitrogens with zero attached hydrogens (tertiary/aromatic N) is 1. The van der Waals surface area contributed by atoms with Crippen LogP contribution in [0.3, 0.4) is 0 Å². The average molecular weight is 355 g/mol. The van der Waals surface area contributed by atoms with Gasteiger partial charge >= 0.3 is 0 Å². The SMILES string of the molecule is COc1ccc2cc(CN(C)S(=O)(=O)c3ccc(C)cc3)ccc2c1. The molecule has 0 saturated carbocycles. The Morgan fingerprint density at radius 2 is 1.56 bits per heavy atom. The molecule has 0 aromatic heterocycles. The zero-order valence-corrected chi connectivity index (χ0v) is 15.4. The van der Waals surface area contributed by atoms with E-state index in [4.69, 9.17) is 4.74 Å². The molecular weight excluding hydrogens is 334 g/mol. The zero-order valence-electron chi connectivity index (χ0n) is 14.6. The number of hydrogen-bond acceptors (Lipinski definition) is 3. The van der Waals surface area contributed by atoms with E-state index < -0.39 is 10.0 Å². The third kappa shape index (κ3) is 3.67. The molecule has 0 bridgehead atoms. The summed E-state index contributed by atoms with van der Waals surface area (Å²) in [6.45, 7) is 2.25. The summed E-state index contributed by atoms with van der Waals surface area (Å²) in [5.74, 6) is 0.805. The van der Waals surface area contributed by atoms with Gasteiger partial charge in [-0.15, -0.1) is 0 Å². The topological polar surface area (TPSA) is 46.6 Å². The highest BCUT2D eigenvalue weighted by Crippen LogP contribution is 2.23. The molecule has 3 aromatic rings. The highest BCUT2D eigenvalue weighted by Gasteiger charge is 2.20. The summed E-state index contributed by atoms with van der Waals surface area (Å²) < 4.78 is 32.0. The summed E-state index contributed by atoms with van der Waals surface area (Å²) in [5.41, 5.74) is 1.97. The van der Waals surface area contributed by atoms with Crippen molar-refractivity contribution in [3.8, 4) is 5.75 Å². The van der Waals surface area contributed by atoms with Crippen LogP contribution in [0.25, 0.3) is 10.8 Å². The first-order valence-electron chi connectivity index (χ1n) is 8.00. The second-order valence-electron chi connectivity index (χ2n) is 6.12. The predicted octanol–water partition coefficient (Wildman–Crippen LogP) is 3.98. The van der Waals surface area contributed by atoms with E-state index in [9.17, 15) is 8.42 Å². The summed E-state index contributed by atoms with van der Waals surface area (Å²) in [7, 11) is -0.261. The first kappa shape index (κ1) is 17.5. The van der Waals surface area contributed by atoms with E-state index in [1.54, 1.807) is 26.3 Å². The minimum atomic E-state index is -3.50. The van der Waals surface area contributed by atoms with Crippen LogP contribution >= 0.6 is 0 Å². The standard InChI is InChI=1S/C20H21NO3S/c1-15-4-10-20(11-5-15)25(22,23)21(2)14-16-6-7-18-13-19(24-3)9-8-17(18)12-16/h4-13H,14H2,1-3H3. The summed E-state index contributed by atoms with van der Waals surface area (Å²) in [6.07, 6.45) is 0. The lowest BCUT2D eigenvalue weighted by Crippen LogP contribution is -2.26. The van der Waals surface area contributed by atoms with Gasteiger partial charge in [0.1, 0.15) is 5.75 Å². The minimum Gasteiger partial charge on any atom is -0.497 e. The van der Waals surface area contributed by atoms with E-state index >= 15 is 0 Å². The van der Waals surface area contributed by atoms with Crippen molar-refractivity contribution in [3.05, 3.63) is 71.8 Å². The lowest BCUT2D eigenvalue weighted by molar-refractivity contribution is 0.415. The van der Waals surface area contributed by atoms with E-state index in [1.165, 1.54) is 4.31 Å². The van der Waals surface area contributed by atoms with Crippen molar-refractivity contribution < 1.29 is 13.2 Å². The molecule has 0 radical (unpaired) electrons. The highest BCUT2D eigenvalue weighted by molar-refractivity contribution is 7.89. The lowest BCUT2D eigenvalue weighted by Gasteiger charge is -2.18. The fourth-order valence-corrected chi connectivity index (χ4v) is 3.89. The molecule has 3 aromatic carbocycles. The number of benzene rings is 3. The van der Waals surface area contributed by atoms with Crippen LogP contribution in [-0.2, 0) is 16.6 Å². The van der Waals surface area contributed by atoms with E-state index in [0.717, 1.165) is 27.6 Å². The van der Waals surface area contributed by atoms with Crippen LogP contribution in [0.5, 0.6) is 5.75 Å². The molecule has 0 unspecified atom stereocenters. The maximum atomic E-state index is 12.7. The van der Waals surface area contributed by atoms with E-state index in [2.05, 4.69) is 0 Å². The first-order valence-corrected chi connectivity index (χ1v) is 9.44. The molecule has 25 heavy (non-hydrogen) atoms. The number of methoxy groups -OCH3 is 1. The van der Waals surface area contributed by atoms with Gasteiger partial charge in [-0.05, 0) is 53.6 Å². The molecule has 0 saturated heterocycles. The van der Waals surface area contributed by atoms with Crippen molar-refractivity contribution in [1.82, 2.24) is 4.31 Å². The number of ether oxygens (including phenoxy) is 1. The number of hydrogen-bond donors (Lipinski definition) is 0. The Morgan fingerprint density at radius 3 is 2.24 bits per heavy atom. The molecule has 3 rings (SSSR count). The Kier molecular flexibility index (Phi) is 4.79. The van der Waals surface area contributed by atoms with Crippen molar-refractivity contribution in [1.29, 1.82) is 0 Å². The minimum absolute atomic E-state index is 0.311. The van der Waals surface area contributed by atoms with Crippen LogP contribution in [0.15, 0.2) is 65.6 Å². The predicted molar refractivity (Wildman–Crippen MR) is 100 cm³/mol. The van der Waals surface area contributed by atoms with Crippen LogP contribution in [0.4, 0.5) is 0 Å². The second-order valence-corrected chi connectivity index (χ2v) is 8.17. The van der Waals surface area contributed by atoms with Crippen LogP contribution in [0.1, 0.15) is 11.1 Å². The molecule has 0 aliphatic rings. The number of aryl methyl sites for hydroxylation is 1. The van der Waals surface area contributed by atoms with Gasteiger partial charge in [0.2, 0.25) is 10.0 Å². The highest BCUT2D eigenvalue weighted by atomic mass is 32.2. The summed E-state index contributed by atoms with van der Waals surface area (Å²) in [6, 6.07) is 18.7. The van der Waals surface area contributed by atoms with Crippen molar-refractivity contribution in [2.75, 3.05) is 14.2 Å². The molecule has 0 N–H and O–H groups in total. The van der Waals surface area contributed by atoms with Gasteiger partial charge in [0.25, 0.3) is 0 Å². The third-order valence-electron chi connectivity index (χ3n) is 4.25. The van der Waals surface area contributed by atoms with Gasteiger partial charge in [0.15, 0.2) is 0 Å². The van der Waals surface area contributed by atoms with Gasteiger partial charge in [-0.1, -0.05) is 35.9 Å². The number of fused-ring (bicyclic) bond motifs is 1. The molecule has 0 fully saturated rings. The van der Waals surface area contributed by atoms with Gasteiger partial charge < -0.3 is 4.74 Å². The third-order valence-corrected chi connectivity index (χ3v) is 6.06. The van der Waals surface area contributed by atoms with Crippen LogP contribution in [0.2, 0.25) is 0 Å². The van der Waals surface area contributed by atoms with Crippen LogP contribution in [0, 0.1) is 6.92 Å². The first-order chi connectivity index (χ1) is 11.9. The number of rotatable bonds is 5. The molecule has 0 heterocycles. The molecule has 0 amide bonds. The molecule has 130 valence electrons. The van der Waals surface area contributed by atoms with E-state index in [0.29, 0.717) is 11.4 Å². The maximum Gasteiger partial charge on any atom is 0.243 e. The normalized spacial score (nSPS) is 11.8. The van der Waals surface area contributed by atoms with Gasteiger partial charge in [-0.25, -0.2) is 8.42 Å². The largest absolute Gasteiger partial charge is 0.497 e. The van der Waals surface area contributed by atoms with Gasteiger partial charge in [-0.3, -0.25) is 0 Å². The fraction of sp³-hybridized carbons (Fsp3) is 0.200. The van der Waals surface area contributed by atoms with Crippen molar-refractivity contribution in [3.63, 3.8) is 0 Å². The van der Waals surface area contributed by atoms with E-state index in [-0.39, 0.29) is 0 Å². The van der Waals surface area contributed by atoms with Crippen molar-refractivity contribution in [2.24, 2.45) is 0 Å². The smallest absolute Gasteiger partial charge is 0.243 e. The fourth-order valence-electron chi connectivity index (χ4n) is 2.73. The maximum absolute atomic E-state index is 12.7. The number of sulfonamides is 1. The zero-order chi connectivity index (χ0) is 18.0. The molecule has 4 nitrogen and oxygen atoms in total. The van der Waals surface area contributed by atoms with Crippen LogP contribution < -0.4 is 4.74 Å². The average Bonchev–Trinajstić information content (AvgIpc) is 2.61. The Bertz CT molecular complexity index is 995. The molecule has 0 spiro atoms. The molecule has 0 aliphatic heterocycles. The summed E-state index contributed by atoms with van der Waals surface area (Å²) >= 11 is 0. The molecular formula is C20H21NO3S. The van der Waals surface area contributed by atoms with Crippen LogP contribution in [-0.4, -0.2) is 26.9 Å². The monoisotopic (exact) mass is 355 g/mol. The Labute approximate surface area is 148 Å². The van der Waals surface area contributed by atoms with Crippen molar-refractivity contribution in [2.45, 2.75) is 18.4 Å². The van der Waals surface area contributed by atoms with Gasteiger partial charge in [0.05, 0.1) is 12.0 Å². The van der Waals surface area contributed by atoms with Crippen molar-refractivity contribution >= 4 is 20.8 Å². The van der Waals surface area contributed by atoms with Gasteiger partial charge in [-0.2, -0.15) is 4.31 Å². The Hall–Kier alpha value is -2.37. The second kappa shape index (κ2) is 6.86. The van der Waals surface area contributed by atoms with Gasteiger partial charge in [0, 0.05) is 13.6 Å². The Morgan fingerprint density at radius 1 is 0.920 bits per heavy atom. The molecule has 0 aliphatic carbocycles.